The van der Waals surface area contributed by atoms with Gasteiger partial charge >= 0.3 is 0 Å². The first kappa shape index (κ1) is 35.5. The molecule has 0 saturated heterocycles. The van der Waals surface area contributed by atoms with Crippen molar-refractivity contribution in [2.75, 3.05) is 5.43 Å². The molecule has 0 heterocycles. The summed E-state index contributed by atoms with van der Waals surface area (Å²) in [5, 5.41) is 10.1. The maximum atomic E-state index is 5.16. The molecular formula is C48H51N3. The van der Waals surface area contributed by atoms with E-state index in [0.717, 1.165) is 33.6 Å². The third kappa shape index (κ3) is 6.90. The summed E-state index contributed by atoms with van der Waals surface area (Å²) < 4.78 is 0. The predicted molar refractivity (Wildman–Crippen MR) is 220 cm³/mol. The molecule has 0 radical (unpaired) electrons. The third-order valence-corrected chi connectivity index (χ3v) is 10.2. The summed E-state index contributed by atoms with van der Waals surface area (Å²) in [6, 6.07) is 31.3. The van der Waals surface area contributed by atoms with Gasteiger partial charge < -0.3 is 0 Å². The van der Waals surface area contributed by atoms with Crippen molar-refractivity contribution in [3.05, 3.63) is 152 Å². The number of anilines is 1. The van der Waals surface area contributed by atoms with E-state index < -0.39 is 0 Å². The molecule has 6 aromatic carbocycles. The summed E-state index contributed by atoms with van der Waals surface area (Å²) in [6.07, 6.45) is 0. The molecule has 3 heteroatoms. The lowest BCUT2D eigenvalue weighted by atomic mass is 9.87. The van der Waals surface area contributed by atoms with Crippen LogP contribution in [0.3, 0.4) is 0 Å². The van der Waals surface area contributed by atoms with Gasteiger partial charge in [0, 0.05) is 22.3 Å². The van der Waals surface area contributed by atoms with Crippen molar-refractivity contribution in [1.29, 1.82) is 0 Å². The van der Waals surface area contributed by atoms with E-state index in [9.17, 15) is 0 Å². The van der Waals surface area contributed by atoms with Crippen LogP contribution in [0, 0.1) is 83.1 Å². The van der Waals surface area contributed by atoms with E-state index in [1.54, 1.807) is 0 Å². The van der Waals surface area contributed by atoms with Crippen molar-refractivity contribution in [3.8, 4) is 44.5 Å². The second kappa shape index (κ2) is 14.2. The highest BCUT2D eigenvalue weighted by molar-refractivity contribution is 5.95. The number of nitrogens with one attached hydrogen (secondary N) is 1. The van der Waals surface area contributed by atoms with Crippen LogP contribution >= 0.6 is 0 Å². The van der Waals surface area contributed by atoms with Crippen LogP contribution < -0.4 is 5.43 Å². The number of aryl methyl sites for hydroxylation is 12. The molecule has 0 aliphatic carbocycles. The quantitative estimate of drug-likeness (QED) is 0.133. The minimum Gasteiger partial charge on any atom is -0.259 e. The van der Waals surface area contributed by atoms with E-state index in [2.05, 4.69) is 173 Å². The minimum atomic E-state index is 0.861. The van der Waals surface area contributed by atoms with Crippen LogP contribution in [0.2, 0.25) is 0 Å². The molecule has 0 saturated carbocycles. The number of benzene rings is 6. The van der Waals surface area contributed by atoms with Crippen LogP contribution in [0.25, 0.3) is 44.5 Å². The molecule has 0 aliphatic rings. The number of para-hydroxylation sites is 1. The molecular weight excluding hydrogens is 619 g/mol. The zero-order valence-electron chi connectivity index (χ0n) is 32.5. The summed E-state index contributed by atoms with van der Waals surface area (Å²) in [4.78, 5) is 0. The molecule has 51 heavy (non-hydrogen) atoms. The normalized spacial score (nSPS) is 11.5. The number of hydrogen-bond donors (Lipinski definition) is 1. The number of nitrogens with zero attached hydrogens (tertiary/aromatic N) is 2. The molecule has 0 bridgehead atoms. The van der Waals surface area contributed by atoms with Crippen LogP contribution in [0.4, 0.5) is 11.4 Å². The average Bonchev–Trinajstić information content (AvgIpc) is 3.01. The topological polar surface area (TPSA) is 36.8 Å². The van der Waals surface area contributed by atoms with E-state index >= 15 is 0 Å². The lowest BCUT2D eigenvalue weighted by molar-refractivity contribution is 1.13. The van der Waals surface area contributed by atoms with Gasteiger partial charge in [-0.25, -0.2) is 0 Å². The first-order chi connectivity index (χ1) is 24.2. The van der Waals surface area contributed by atoms with E-state index in [-0.39, 0.29) is 0 Å². The molecule has 0 atom stereocenters. The smallest absolute Gasteiger partial charge is 0.103 e. The highest BCUT2D eigenvalue weighted by atomic mass is 15.4. The molecule has 1 N–H and O–H groups in total. The molecule has 0 unspecified atom stereocenters. The second-order valence-electron chi connectivity index (χ2n) is 14.8. The Labute approximate surface area is 305 Å². The summed E-state index contributed by atoms with van der Waals surface area (Å²) in [5.41, 5.74) is 29.5. The standard InChI is InChI=1S/C48H51N3/c1-27-19-31(5)43(32(6)20-27)39-15-13-16-40(44-33(7)21-28(2)22-34(44)8)47(39)49-51-50-48-41(45-35(9)23-29(3)24-36(45)10)17-14-18-42(48)46-37(11)25-30(4)26-38(46)12/h13-26H,1-12H3,(H,49,50). The predicted octanol–water partition coefficient (Wildman–Crippen LogP) is 14.2. The van der Waals surface area contributed by atoms with E-state index in [1.165, 1.54) is 89.0 Å². The van der Waals surface area contributed by atoms with Gasteiger partial charge in [0.25, 0.3) is 0 Å². The van der Waals surface area contributed by atoms with Gasteiger partial charge in [-0.05, 0) is 150 Å². The minimum absolute atomic E-state index is 0.861. The summed E-state index contributed by atoms with van der Waals surface area (Å²) >= 11 is 0. The maximum Gasteiger partial charge on any atom is 0.103 e. The van der Waals surface area contributed by atoms with Crippen molar-refractivity contribution in [3.63, 3.8) is 0 Å². The monoisotopic (exact) mass is 669 g/mol. The Balaban J connectivity index is 1.61. The Kier molecular flexibility index (Phi) is 9.86. The lowest BCUT2D eigenvalue weighted by Gasteiger charge is -2.21. The summed E-state index contributed by atoms with van der Waals surface area (Å²) in [5.74, 6) is 0. The first-order valence-corrected chi connectivity index (χ1v) is 18.0. The van der Waals surface area contributed by atoms with Crippen LogP contribution in [0.1, 0.15) is 66.8 Å². The van der Waals surface area contributed by atoms with Gasteiger partial charge in [-0.15, -0.1) is 5.11 Å². The Bertz CT molecular complexity index is 2110. The lowest BCUT2D eigenvalue weighted by Crippen LogP contribution is -2.00. The fourth-order valence-electron chi connectivity index (χ4n) is 8.69. The van der Waals surface area contributed by atoms with Crippen LogP contribution in [0.5, 0.6) is 0 Å². The molecule has 0 amide bonds. The van der Waals surface area contributed by atoms with Crippen molar-refractivity contribution < 1.29 is 0 Å². The van der Waals surface area contributed by atoms with E-state index in [4.69, 9.17) is 10.3 Å². The van der Waals surface area contributed by atoms with Gasteiger partial charge in [0.1, 0.15) is 5.69 Å². The number of rotatable bonds is 7. The maximum absolute atomic E-state index is 5.16. The first-order valence-electron chi connectivity index (χ1n) is 18.0. The summed E-state index contributed by atoms with van der Waals surface area (Å²) in [7, 11) is 0. The zero-order chi connectivity index (χ0) is 36.7. The second-order valence-corrected chi connectivity index (χ2v) is 14.8. The van der Waals surface area contributed by atoms with Gasteiger partial charge in [0.05, 0.1) is 5.69 Å². The average molecular weight is 670 g/mol. The SMILES string of the molecule is Cc1cc(C)c(-c2cccc(-c3c(C)cc(C)cc3C)c2N=NNc2c(-c3c(C)cc(C)cc3C)cccc2-c2c(C)cc(C)cc2C)c(C)c1. The van der Waals surface area contributed by atoms with Gasteiger partial charge in [0.2, 0.25) is 0 Å². The molecule has 0 aromatic heterocycles. The summed E-state index contributed by atoms with van der Waals surface area (Å²) in [6.45, 7) is 26.3. The van der Waals surface area contributed by atoms with Gasteiger partial charge in [-0.1, -0.05) is 112 Å². The van der Waals surface area contributed by atoms with Crippen molar-refractivity contribution in [2.24, 2.45) is 10.3 Å². The van der Waals surface area contributed by atoms with Crippen LogP contribution in [0.15, 0.2) is 95.3 Å². The highest BCUT2D eigenvalue weighted by Crippen LogP contribution is 2.46. The van der Waals surface area contributed by atoms with E-state index in [0.29, 0.717) is 0 Å². The van der Waals surface area contributed by atoms with Gasteiger partial charge in [-0.2, -0.15) is 0 Å². The molecule has 0 spiro atoms. The Morgan fingerprint density at radius 1 is 0.353 bits per heavy atom. The van der Waals surface area contributed by atoms with Crippen molar-refractivity contribution >= 4 is 11.4 Å². The Morgan fingerprint density at radius 2 is 0.608 bits per heavy atom. The van der Waals surface area contributed by atoms with E-state index in [1.807, 2.05) is 0 Å². The fraction of sp³-hybridized carbons (Fsp3) is 0.250. The highest BCUT2D eigenvalue weighted by Gasteiger charge is 2.21. The molecule has 0 fully saturated rings. The molecule has 3 nitrogen and oxygen atoms in total. The molecule has 6 rings (SSSR count). The fourth-order valence-corrected chi connectivity index (χ4v) is 8.69. The van der Waals surface area contributed by atoms with Crippen LogP contribution in [-0.4, -0.2) is 0 Å². The Hall–Kier alpha value is -5.28. The van der Waals surface area contributed by atoms with Crippen molar-refractivity contribution in [1.82, 2.24) is 0 Å². The van der Waals surface area contributed by atoms with Gasteiger partial charge in [-0.3, -0.25) is 5.43 Å². The molecule has 0 aliphatic heterocycles. The van der Waals surface area contributed by atoms with Crippen molar-refractivity contribution in [2.45, 2.75) is 83.1 Å². The molecule has 6 aromatic rings. The largest absolute Gasteiger partial charge is 0.259 e. The Morgan fingerprint density at radius 3 is 0.902 bits per heavy atom. The van der Waals surface area contributed by atoms with Crippen LogP contribution in [-0.2, 0) is 0 Å². The number of hydrogen-bond acceptors (Lipinski definition) is 2. The third-order valence-electron chi connectivity index (χ3n) is 10.2. The zero-order valence-corrected chi connectivity index (χ0v) is 32.5. The molecule has 258 valence electrons. The van der Waals surface area contributed by atoms with Gasteiger partial charge in [0.15, 0.2) is 0 Å².